The zero-order valence-electron chi connectivity index (χ0n) is 10.1. The van der Waals surface area contributed by atoms with E-state index in [0.717, 1.165) is 12.6 Å². The molecule has 0 aromatic heterocycles. The molecule has 1 N–H and O–H groups in total. The van der Waals surface area contributed by atoms with Crippen LogP contribution in [-0.4, -0.2) is 47.6 Å². The van der Waals surface area contributed by atoms with Crippen molar-refractivity contribution in [1.29, 1.82) is 0 Å². The van der Waals surface area contributed by atoms with Crippen LogP contribution in [0.25, 0.3) is 0 Å². The van der Waals surface area contributed by atoms with Crippen molar-refractivity contribution in [3.05, 3.63) is 0 Å². The van der Waals surface area contributed by atoms with Gasteiger partial charge >= 0.3 is 0 Å². The lowest BCUT2D eigenvalue weighted by Gasteiger charge is -2.29. The maximum atomic E-state index is 3.56. The summed E-state index contributed by atoms with van der Waals surface area (Å²) in [4.78, 5) is 2.66. The third kappa shape index (κ3) is 3.11. The Morgan fingerprint density at radius 3 is 3.07 bits per heavy atom. The maximum Gasteiger partial charge on any atom is 0.0259 e. The largest absolute Gasteiger partial charge is 0.313 e. The summed E-state index contributed by atoms with van der Waals surface area (Å²) >= 11 is 2.18. The van der Waals surface area contributed by atoms with Crippen molar-refractivity contribution in [2.45, 2.75) is 43.9 Å². The number of likely N-dealkylation sites (N-methyl/N-ethyl adjacent to an activating group) is 1. The van der Waals surface area contributed by atoms with E-state index in [4.69, 9.17) is 0 Å². The lowest BCUT2D eigenvalue weighted by atomic mass is 10.1. The molecule has 0 aromatic rings. The lowest BCUT2D eigenvalue weighted by Crippen LogP contribution is -2.38. The van der Waals surface area contributed by atoms with E-state index in [0.29, 0.717) is 4.75 Å². The Kier molecular flexibility index (Phi) is 3.97. The SMILES string of the molecule is CCNC1CCN(CC2(C)CCCS2)C1. The molecule has 2 aliphatic rings. The summed E-state index contributed by atoms with van der Waals surface area (Å²) in [5.74, 6) is 1.38. The first kappa shape index (κ1) is 11.7. The Bertz CT molecular complexity index is 202. The molecule has 0 saturated carbocycles. The van der Waals surface area contributed by atoms with Crippen molar-refractivity contribution in [3.63, 3.8) is 0 Å². The van der Waals surface area contributed by atoms with Gasteiger partial charge in [-0.15, -0.1) is 0 Å². The van der Waals surface area contributed by atoms with Crippen LogP contribution in [0.5, 0.6) is 0 Å². The molecular weight excluding hydrogens is 204 g/mol. The molecule has 0 aliphatic carbocycles. The molecule has 2 saturated heterocycles. The van der Waals surface area contributed by atoms with E-state index >= 15 is 0 Å². The van der Waals surface area contributed by atoms with Crippen LogP contribution < -0.4 is 5.32 Å². The number of nitrogens with one attached hydrogen (secondary N) is 1. The zero-order valence-corrected chi connectivity index (χ0v) is 10.9. The van der Waals surface area contributed by atoms with E-state index in [-0.39, 0.29) is 0 Å². The number of likely N-dealkylation sites (tertiary alicyclic amines) is 1. The van der Waals surface area contributed by atoms with Crippen LogP contribution in [0.4, 0.5) is 0 Å². The number of thioether (sulfide) groups is 1. The molecule has 2 nitrogen and oxygen atoms in total. The van der Waals surface area contributed by atoms with Crippen LogP contribution in [0.15, 0.2) is 0 Å². The molecule has 0 amide bonds. The first-order valence-corrected chi connectivity index (χ1v) is 7.30. The summed E-state index contributed by atoms with van der Waals surface area (Å²) in [6.45, 7) is 9.64. The van der Waals surface area contributed by atoms with Gasteiger partial charge < -0.3 is 10.2 Å². The fourth-order valence-corrected chi connectivity index (χ4v) is 4.21. The highest BCUT2D eigenvalue weighted by molar-refractivity contribution is 8.00. The van der Waals surface area contributed by atoms with Crippen molar-refractivity contribution < 1.29 is 0 Å². The normalized spacial score (nSPS) is 37.6. The maximum absolute atomic E-state index is 3.56. The molecule has 3 heteroatoms. The van der Waals surface area contributed by atoms with Crippen LogP contribution in [-0.2, 0) is 0 Å². The average Bonchev–Trinajstić information content (AvgIpc) is 2.77. The van der Waals surface area contributed by atoms with Gasteiger partial charge in [-0.25, -0.2) is 0 Å². The number of hydrogen-bond donors (Lipinski definition) is 1. The van der Waals surface area contributed by atoms with Crippen LogP contribution in [0.1, 0.15) is 33.1 Å². The monoisotopic (exact) mass is 228 g/mol. The van der Waals surface area contributed by atoms with Crippen molar-refractivity contribution in [1.82, 2.24) is 10.2 Å². The summed E-state index contributed by atoms with van der Waals surface area (Å²) in [5, 5.41) is 3.56. The second kappa shape index (κ2) is 5.07. The first-order chi connectivity index (χ1) is 7.22. The van der Waals surface area contributed by atoms with Gasteiger partial charge in [0.25, 0.3) is 0 Å². The minimum absolute atomic E-state index is 0.557. The number of rotatable bonds is 4. The van der Waals surface area contributed by atoms with Crippen LogP contribution in [0.2, 0.25) is 0 Å². The lowest BCUT2D eigenvalue weighted by molar-refractivity contribution is 0.294. The Labute approximate surface area is 98.2 Å². The number of nitrogens with zero attached hydrogens (tertiary/aromatic N) is 1. The third-order valence-corrected chi connectivity index (χ3v) is 5.15. The highest BCUT2D eigenvalue weighted by Crippen LogP contribution is 2.38. The predicted octanol–water partition coefficient (Wildman–Crippen LogP) is 1.96. The van der Waals surface area contributed by atoms with E-state index in [1.807, 2.05) is 0 Å². The molecule has 0 radical (unpaired) electrons. The molecule has 0 aromatic carbocycles. The number of hydrogen-bond acceptors (Lipinski definition) is 3. The zero-order chi connectivity index (χ0) is 10.7. The molecular formula is C12H24N2S. The Hall–Kier alpha value is 0.270. The average molecular weight is 228 g/mol. The van der Waals surface area contributed by atoms with Crippen molar-refractivity contribution >= 4 is 11.8 Å². The fraction of sp³-hybridized carbons (Fsp3) is 1.00. The van der Waals surface area contributed by atoms with E-state index in [9.17, 15) is 0 Å². The smallest absolute Gasteiger partial charge is 0.0259 e. The molecule has 88 valence electrons. The highest BCUT2D eigenvalue weighted by Gasteiger charge is 2.33. The fourth-order valence-electron chi connectivity index (χ4n) is 2.87. The van der Waals surface area contributed by atoms with Gasteiger partial charge in [0.1, 0.15) is 0 Å². The molecule has 2 atom stereocenters. The van der Waals surface area contributed by atoms with Crippen molar-refractivity contribution in [2.24, 2.45) is 0 Å². The molecule has 2 fully saturated rings. The Morgan fingerprint density at radius 1 is 1.53 bits per heavy atom. The van der Waals surface area contributed by atoms with Gasteiger partial charge in [-0.1, -0.05) is 6.92 Å². The summed E-state index contributed by atoms with van der Waals surface area (Å²) in [6.07, 6.45) is 4.18. The van der Waals surface area contributed by atoms with Crippen LogP contribution in [0.3, 0.4) is 0 Å². The summed E-state index contributed by atoms with van der Waals surface area (Å²) in [5.41, 5.74) is 0. The van der Waals surface area contributed by atoms with Crippen molar-refractivity contribution in [3.8, 4) is 0 Å². The van der Waals surface area contributed by atoms with E-state index < -0.39 is 0 Å². The first-order valence-electron chi connectivity index (χ1n) is 6.31. The molecule has 0 bridgehead atoms. The highest BCUT2D eigenvalue weighted by atomic mass is 32.2. The second-order valence-electron chi connectivity index (χ2n) is 5.18. The second-order valence-corrected chi connectivity index (χ2v) is 6.86. The van der Waals surface area contributed by atoms with Gasteiger partial charge in [0.2, 0.25) is 0 Å². The van der Waals surface area contributed by atoms with Crippen LogP contribution >= 0.6 is 11.8 Å². The Balaban J connectivity index is 1.76. The van der Waals surface area contributed by atoms with Crippen LogP contribution in [0, 0.1) is 0 Å². The Morgan fingerprint density at radius 2 is 2.40 bits per heavy atom. The predicted molar refractivity (Wildman–Crippen MR) is 68.6 cm³/mol. The van der Waals surface area contributed by atoms with Gasteiger partial charge in [0, 0.05) is 23.9 Å². The van der Waals surface area contributed by atoms with Gasteiger partial charge in [0.05, 0.1) is 0 Å². The third-order valence-electron chi connectivity index (χ3n) is 3.62. The topological polar surface area (TPSA) is 15.3 Å². The van der Waals surface area contributed by atoms with Gasteiger partial charge in [0.15, 0.2) is 0 Å². The minimum atomic E-state index is 0.557. The van der Waals surface area contributed by atoms with Crippen molar-refractivity contribution in [2.75, 3.05) is 31.9 Å². The van der Waals surface area contributed by atoms with E-state index in [2.05, 4.69) is 35.8 Å². The standard InChI is InChI=1S/C12H24N2S/c1-3-13-11-5-7-14(9-11)10-12(2)6-4-8-15-12/h11,13H,3-10H2,1-2H3. The molecule has 2 aliphatic heterocycles. The molecule has 0 spiro atoms. The molecule has 15 heavy (non-hydrogen) atoms. The summed E-state index contributed by atoms with van der Waals surface area (Å²) < 4.78 is 0.557. The van der Waals surface area contributed by atoms with Gasteiger partial charge in [-0.3, -0.25) is 0 Å². The molecule has 2 unspecified atom stereocenters. The molecule has 2 rings (SSSR count). The summed E-state index contributed by atoms with van der Waals surface area (Å²) in [7, 11) is 0. The minimum Gasteiger partial charge on any atom is -0.313 e. The van der Waals surface area contributed by atoms with E-state index in [1.54, 1.807) is 0 Å². The van der Waals surface area contributed by atoms with E-state index in [1.165, 1.54) is 44.6 Å². The van der Waals surface area contributed by atoms with Gasteiger partial charge in [-0.05, 0) is 45.0 Å². The van der Waals surface area contributed by atoms with Gasteiger partial charge in [-0.2, -0.15) is 11.8 Å². The summed E-state index contributed by atoms with van der Waals surface area (Å²) in [6, 6.07) is 0.755. The molecule has 2 heterocycles. The quantitative estimate of drug-likeness (QED) is 0.792.